The van der Waals surface area contributed by atoms with Gasteiger partial charge in [-0.05, 0) is 38.0 Å². The number of piperidine rings is 1. The lowest BCUT2D eigenvalue weighted by Gasteiger charge is -2.32. The smallest absolute Gasteiger partial charge is 0.308 e. The highest BCUT2D eigenvalue weighted by Crippen LogP contribution is 2.29. The van der Waals surface area contributed by atoms with Crippen molar-refractivity contribution in [3.8, 4) is 0 Å². The first kappa shape index (κ1) is 17.0. The van der Waals surface area contributed by atoms with Crippen LogP contribution in [0.4, 0.5) is 11.6 Å². The van der Waals surface area contributed by atoms with E-state index < -0.39 is 0 Å². The Balaban J connectivity index is 1.60. The number of aliphatic hydroxyl groups is 1. The van der Waals surface area contributed by atoms with Crippen LogP contribution in [0.2, 0.25) is 0 Å². The second-order valence-electron chi connectivity index (χ2n) is 6.77. The van der Waals surface area contributed by atoms with Gasteiger partial charge < -0.3 is 20.1 Å². The monoisotopic (exact) mass is 334 g/mol. The third kappa shape index (κ3) is 3.95. The molecule has 0 radical (unpaired) electrons. The summed E-state index contributed by atoms with van der Waals surface area (Å²) in [5.41, 5.74) is 0. The Kier molecular flexibility index (Phi) is 5.50. The molecule has 1 saturated heterocycles. The third-order valence-corrected chi connectivity index (χ3v) is 5.07. The first-order chi connectivity index (χ1) is 11.7. The van der Waals surface area contributed by atoms with Crippen LogP contribution in [0.15, 0.2) is 12.4 Å². The summed E-state index contributed by atoms with van der Waals surface area (Å²) in [6.45, 7) is 2.02. The van der Waals surface area contributed by atoms with E-state index in [9.17, 15) is 9.90 Å². The molecule has 1 aliphatic carbocycles. The summed E-state index contributed by atoms with van der Waals surface area (Å²) in [7, 11) is 1.44. The number of aromatic nitrogens is 2. The van der Waals surface area contributed by atoms with E-state index in [0.717, 1.165) is 56.8 Å². The van der Waals surface area contributed by atoms with E-state index in [1.807, 2.05) is 6.07 Å². The van der Waals surface area contributed by atoms with Crippen molar-refractivity contribution in [1.29, 1.82) is 0 Å². The standard InChI is InChI=1S/C17H26N4O3/c1-24-17(23)13-4-5-14(7-13)20-15-8-16(19-11-18-15)21-6-2-3-12(9-21)10-22/h8,11-14,22H,2-7,9-10H2,1H3,(H,18,19,20)/t12?,13-,14+/m0/s1. The predicted molar refractivity (Wildman–Crippen MR) is 90.8 cm³/mol. The molecular weight excluding hydrogens is 308 g/mol. The van der Waals surface area contributed by atoms with E-state index in [2.05, 4.69) is 20.2 Å². The van der Waals surface area contributed by atoms with E-state index in [4.69, 9.17) is 4.74 Å². The highest BCUT2D eigenvalue weighted by molar-refractivity contribution is 5.72. The lowest BCUT2D eigenvalue weighted by atomic mass is 9.99. The normalized spacial score (nSPS) is 27.1. The summed E-state index contributed by atoms with van der Waals surface area (Å²) < 4.78 is 4.83. The zero-order valence-electron chi connectivity index (χ0n) is 14.1. The van der Waals surface area contributed by atoms with Crippen molar-refractivity contribution in [2.75, 3.05) is 37.0 Å². The van der Waals surface area contributed by atoms with Crippen LogP contribution >= 0.6 is 0 Å². The number of carbonyl (C=O) groups excluding carboxylic acids is 1. The van der Waals surface area contributed by atoms with E-state index in [1.54, 1.807) is 6.33 Å². The molecule has 1 aliphatic heterocycles. The molecule has 2 aliphatic rings. The molecule has 1 saturated carbocycles. The minimum absolute atomic E-state index is 0.0128. The van der Waals surface area contributed by atoms with Crippen molar-refractivity contribution in [2.45, 2.75) is 38.1 Å². The fourth-order valence-corrected chi connectivity index (χ4v) is 3.72. The van der Waals surface area contributed by atoms with Gasteiger partial charge in [-0.3, -0.25) is 4.79 Å². The van der Waals surface area contributed by atoms with Crippen LogP contribution in [-0.2, 0) is 9.53 Å². The molecule has 7 nitrogen and oxygen atoms in total. The molecule has 0 aromatic carbocycles. The Hall–Kier alpha value is -1.89. The maximum absolute atomic E-state index is 11.6. The van der Waals surface area contributed by atoms with Gasteiger partial charge in [0, 0.05) is 31.8 Å². The van der Waals surface area contributed by atoms with Crippen LogP contribution < -0.4 is 10.2 Å². The molecule has 7 heteroatoms. The number of nitrogens with zero attached hydrogens (tertiary/aromatic N) is 3. The summed E-state index contributed by atoms with van der Waals surface area (Å²) in [4.78, 5) is 22.5. The first-order valence-electron chi connectivity index (χ1n) is 8.71. The minimum atomic E-state index is -0.119. The highest BCUT2D eigenvalue weighted by atomic mass is 16.5. The topological polar surface area (TPSA) is 87.6 Å². The Labute approximate surface area is 142 Å². The van der Waals surface area contributed by atoms with Gasteiger partial charge in [0.1, 0.15) is 18.0 Å². The van der Waals surface area contributed by atoms with Gasteiger partial charge in [-0.1, -0.05) is 0 Å². The maximum atomic E-state index is 11.6. The van der Waals surface area contributed by atoms with Crippen LogP contribution in [0.5, 0.6) is 0 Å². The first-order valence-corrected chi connectivity index (χ1v) is 8.71. The van der Waals surface area contributed by atoms with Crippen molar-refractivity contribution >= 4 is 17.6 Å². The molecule has 132 valence electrons. The maximum Gasteiger partial charge on any atom is 0.308 e. The predicted octanol–water partition coefficient (Wildman–Crippen LogP) is 1.44. The fourth-order valence-electron chi connectivity index (χ4n) is 3.72. The quantitative estimate of drug-likeness (QED) is 0.788. The molecule has 3 rings (SSSR count). The molecule has 2 heterocycles. The van der Waals surface area contributed by atoms with Crippen molar-refractivity contribution in [1.82, 2.24) is 9.97 Å². The number of methoxy groups -OCH3 is 1. The molecule has 0 amide bonds. The Morgan fingerprint density at radius 2 is 2.29 bits per heavy atom. The van der Waals surface area contributed by atoms with Crippen LogP contribution in [-0.4, -0.2) is 53.9 Å². The molecule has 2 N–H and O–H groups in total. The number of nitrogens with one attached hydrogen (secondary N) is 1. The number of anilines is 2. The lowest BCUT2D eigenvalue weighted by molar-refractivity contribution is -0.145. The molecule has 2 fully saturated rings. The second-order valence-corrected chi connectivity index (χ2v) is 6.77. The average molecular weight is 334 g/mol. The largest absolute Gasteiger partial charge is 0.469 e. The molecule has 0 spiro atoms. The summed E-state index contributed by atoms with van der Waals surface area (Å²) in [5, 5.41) is 12.8. The number of ether oxygens (including phenoxy) is 1. The van der Waals surface area contributed by atoms with E-state index >= 15 is 0 Å². The van der Waals surface area contributed by atoms with Gasteiger partial charge in [-0.15, -0.1) is 0 Å². The van der Waals surface area contributed by atoms with Gasteiger partial charge in [-0.2, -0.15) is 0 Å². The lowest BCUT2D eigenvalue weighted by Crippen LogP contribution is -2.37. The molecule has 0 bridgehead atoms. The van der Waals surface area contributed by atoms with Crippen molar-refractivity contribution in [2.24, 2.45) is 11.8 Å². The zero-order valence-corrected chi connectivity index (χ0v) is 14.1. The van der Waals surface area contributed by atoms with Gasteiger partial charge in [0.25, 0.3) is 0 Å². The SMILES string of the molecule is COC(=O)[C@H]1CC[C@@H](Nc2cc(N3CCCC(CO)C3)ncn2)C1. The number of esters is 1. The Morgan fingerprint density at radius 3 is 3.08 bits per heavy atom. The second kappa shape index (κ2) is 7.79. The van der Waals surface area contributed by atoms with Gasteiger partial charge in [0.2, 0.25) is 0 Å². The van der Waals surface area contributed by atoms with Gasteiger partial charge in [-0.25, -0.2) is 9.97 Å². The molecule has 1 aromatic heterocycles. The molecule has 1 aromatic rings. The zero-order chi connectivity index (χ0) is 16.9. The number of aliphatic hydroxyl groups excluding tert-OH is 1. The Morgan fingerprint density at radius 1 is 1.42 bits per heavy atom. The number of carbonyl (C=O) groups is 1. The van der Waals surface area contributed by atoms with Crippen LogP contribution in [0.1, 0.15) is 32.1 Å². The van der Waals surface area contributed by atoms with Crippen LogP contribution in [0.3, 0.4) is 0 Å². The Bertz CT molecular complexity index is 569. The highest BCUT2D eigenvalue weighted by Gasteiger charge is 2.30. The van der Waals surface area contributed by atoms with Crippen molar-refractivity contribution in [3.63, 3.8) is 0 Å². The molecule has 1 unspecified atom stereocenters. The molecule has 3 atom stereocenters. The van der Waals surface area contributed by atoms with Crippen LogP contribution in [0.25, 0.3) is 0 Å². The number of hydrogen-bond acceptors (Lipinski definition) is 7. The average Bonchev–Trinajstić information content (AvgIpc) is 3.10. The van der Waals surface area contributed by atoms with Gasteiger partial charge in [0.05, 0.1) is 13.0 Å². The molecular formula is C17H26N4O3. The summed E-state index contributed by atoms with van der Waals surface area (Å²) in [6, 6.07) is 2.20. The van der Waals surface area contributed by atoms with E-state index in [-0.39, 0.29) is 24.5 Å². The minimum Gasteiger partial charge on any atom is -0.469 e. The van der Waals surface area contributed by atoms with Crippen molar-refractivity contribution < 1.29 is 14.6 Å². The van der Waals surface area contributed by atoms with Gasteiger partial charge >= 0.3 is 5.97 Å². The summed E-state index contributed by atoms with van der Waals surface area (Å²) in [5.74, 6) is 1.88. The van der Waals surface area contributed by atoms with Crippen molar-refractivity contribution in [3.05, 3.63) is 12.4 Å². The number of hydrogen-bond donors (Lipinski definition) is 2. The summed E-state index contributed by atoms with van der Waals surface area (Å²) in [6.07, 6.45) is 6.29. The van der Waals surface area contributed by atoms with E-state index in [1.165, 1.54) is 7.11 Å². The van der Waals surface area contributed by atoms with Gasteiger partial charge in [0.15, 0.2) is 0 Å². The number of rotatable bonds is 5. The third-order valence-electron chi connectivity index (χ3n) is 5.07. The molecule has 24 heavy (non-hydrogen) atoms. The van der Waals surface area contributed by atoms with E-state index in [0.29, 0.717) is 5.92 Å². The summed E-state index contributed by atoms with van der Waals surface area (Å²) >= 11 is 0. The van der Waals surface area contributed by atoms with Crippen LogP contribution in [0, 0.1) is 11.8 Å². The fraction of sp³-hybridized carbons (Fsp3) is 0.706.